The molecule has 0 bridgehead atoms. The van der Waals surface area contributed by atoms with Gasteiger partial charge in [0.05, 0.1) is 5.75 Å². The number of rotatable bonds is 8. The lowest BCUT2D eigenvalue weighted by Gasteiger charge is -2.45. The molecule has 0 spiro atoms. The molecule has 1 nitrogen and oxygen atoms in total. The second kappa shape index (κ2) is 13.0. The van der Waals surface area contributed by atoms with Crippen LogP contribution in [-0.2, 0) is 0 Å². The summed E-state index contributed by atoms with van der Waals surface area (Å²) in [4.78, 5) is 0. The smallest absolute Gasteiger partial charge is 0.546 e. The quantitative estimate of drug-likeness (QED) is 0.0844. The van der Waals surface area contributed by atoms with E-state index in [9.17, 15) is 39.5 Å². The number of halogens is 15. The van der Waals surface area contributed by atoms with Gasteiger partial charge in [-0.25, -0.2) is 65.9 Å². The van der Waals surface area contributed by atoms with E-state index in [0.29, 0.717) is 22.7 Å². The Balaban J connectivity index is 2.47. The fraction of sp³-hybridized carbons (Fsp3) is 0.172. The Hall–Kier alpha value is -3.77. The minimum Gasteiger partial charge on any atom is -0.642 e. The first kappa shape index (κ1) is 36.1. The Labute approximate surface area is 260 Å². The lowest BCUT2D eigenvalue weighted by Crippen LogP contribution is -2.79. The normalized spacial score (nSPS) is 11.8. The molecule has 4 aromatic carbocycles. The predicted octanol–water partition coefficient (Wildman–Crippen LogP) is 6.87. The van der Waals surface area contributed by atoms with Crippen LogP contribution in [0.5, 0.6) is 5.75 Å². The molecular weight excluding hydrogens is 687 g/mol. The molecule has 4 aromatic rings. The molecule has 4 rings (SSSR count). The van der Waals surface area contributed by atoms with Gasteiger partial charge in [-0.3, -0.25) is 0 Å². The van der Waals surface area contributed by atoms with Gasteiger partial charge >= 0.3 is 14.5 Å². The van der Waals surface area contributed by atoms with E-state index in [-0.39, 0.29) is 11.3 Å². The van der Waals surface area contributed by atoms with Gasteiger partial charge in [-0.15, -0.1) is 16.4 Å². The van der Waals surface area contributed by atoms with Crippen molar-refractivity contribution in [1.82, 2.24) is 0 Å². The second-order valence-electron chi connectivity index (χ2n) is 10.4. The summed E-state index contributed by atoms with van der Waals surface area (Å²) in [6.45, 7) is 4.55. The zero-order valence-corrected chi connectivity index (χ0v) is 25.0. The van der Waals surface area contributed by atoms with Gasteiger partial charge in [0.15, 0.2) is 52.4 Å². The third-order valence-corrected chi connectivity index (χ3v) is 10.3. The number of benzene rings is 4. The summed E-state index contributed by atoms with van der Waals surface area (Å²) < 4.78 is 231. The van der Waals surface area contributed by atoms with Crippen LogP contribution in [-0.4, -0.2) is 20.6 Å². The van der Waals surface area contributed by atoms with Crippen LogP contribution in [0.4, 0.5) is 65.9 Å². The summed E-state index contributed by atoms with van der Waals surface area (Å²) in [6.07, 6.45) is -5.83. The molecule has 0 aliphatic rings. The predicted molar refractivity (Wildman–Crippen MR) is 142 cm³/mol. The van der Waals surface area contributed by atoms with Gasteiger partial charge in [-0.1, -0.05) is 36.5 Å². The van der Waals surface area contributed by atoms with E-state index in [2.05, 4.69) is 0 Å². The van der Waals surface area contributed by atoms with E-state index < -0.39 is 130 Å². The largest absolute Gasteiger partial charge is 0.642 e. The Morgan fingerprint density at radius 2 is 0.745 bits per heavy atom. The molecule has 0 saturated carbocycles. The average Bonchev–Trinajstić information content (AvgIpc) is 3.05. The van der Waals surface area contributed by atoms with Crippen LogP contribution in [0.15, 0.2) is 18.2 Å². The molecule has 18 heteroatoms. The van der Waals surface area contributed by atoms with Crippen molar-refractivity contribution < 1.29 is 69.6 Å². The van der Waals surface area contributed by atoms with Gasteiger partial charge < -0.3 is 3.79 Å². The van der Waals surface area contributed by atoms with E-state index >= 15 is 26.3 Å². The Morgan fingerprint density at radius 3 is 1.00 bits per heavy atom. The van der Waals surface area contributed by atoms with Crippen molar-refractivity contribution in [2.45, 2.75) is 31.3 Å². The van der Waals surface area contributed by atoms with Crippen LogP contribution in [0.1, 0.15) is 19.4 Å². The molecule has 0 atom stereocenters. The molecule has 0 heterocycles. The SMILES string of the molecule is C[CH2][Al]([CH2]C)[O]c1ccc([B-](c2c(F)c(F)c(F)c(F)c2F)(c2c(F)c(F)c(F)c(F)c2F)c2c(F)c(F)c(F)c(F)c2F)cc1C. The van der Waals surface area contributed by atoms with Crippen molar-refractivity contribution in [3.8, 4) is 5.75 Å². The van der Waals surface area contributed by atoms with Crippen LogP contribution in [0.25, 0.3) is 0 Å². The van der Waals surface area contributed by atoms with Crippen LogP contribution in [0.3, 0.4) is 0 Å². The number of hydrogen-bond acceptors (Lipinski definition) is 1. The maximum atomic E-state index is 15.7. The van der Waals surface area contributed by atoms with Gasteiger partial charge in [-0.05, 0) is 18.6 Å². The lowest BCUT2D eigenvalue weighted by molar-refractivity contribution is 0.380. The molecule has 250 valence electrons. The van der Waals surface area contributed by atoms with E-state index in [1.165, 1.54) is 0 Å². The molecular formula is C29H16AlBF15O-. The van der Waals surface area contributed by atoms with E-state index in [1.54, 1.807) is 13.8 Å². The van der Waals surface area contributed by atoms with Crippen LogP contribution >= 0.6 is 0 Å². The van der Waals surface area contributed by atoms with Gasteiger partial charge in [-0.2, -0.15) is 5.46 Å². The van der Waals surface area contributed by atoms with Gasteiger partial charge in [0.25, 0.3) is 0 Å². The van der Waals surface area contributed by atoms with Gasteiger partial charge in [0.2, 0.25) is 0 Å². The van der Waals surface area contributed by atoms with E-state index in [0.717, 1.165) is 13.0 Å². The van der Waals surface area contributed by atoms with Crippen molar-refractivity contribution >= 4 is 42.5 Å². The Bertz CT molecular complexity index is 1670. The lowest BCUT2D eigenvalue weighted by atomic mass is 9.12. The topological polar surface area (TPSA) is 9.23 Å². The van der Waals surface area contributed by atoms with Crippen molar-refractivity contribution in [2.24, 2.45) is 0 Å². The third-order valence-electron chi connectivity index (χ3n) is 7.93. The molecule has 0 N–H and O–H groups in total. The molecule has 0 aromatic heterocycles. The first-order valence-electron chi connectivity index (χ1n) is 13.4. The summed E-state index contributed by atoms with van der Waals surface area (Å²) in [6, 6.07) is 1.74. The highest BCUT2D eigenvalue weighted by Crippen LogP contribution is 2.29. The fourth-order valence-corrected chi connectivity index (χ4v) is 7.18. The van der Waals surface area contributed by atoms with Crippen LogP contribution in [0.2, 0.25) is 10.6 Å². The van der Waals surface area contributed by atoms with Crippen LogP contribution in [0, 0.1) is 94.2 Å². The second-order valence-corrected chi connectivity index (χ2v) is 13.5. The average molecular weight is 703 g/mol. The zero-order valence-electron chi connectivity index (χ0n) is 23.9. The minimum atomic E-state index is -5.83. The maximum Gasteiger partial charge on any atom is 0.546 e. The first-order chi connectivity index (χ1) is 21.9. The highest BCUT2D eigenvalue weighted by Gasteiger charge is 2.49. The monoisotopic (exact) mass is 703 g/mol. The molecule has 0 saturated heterocycles. The Kier molecular flexibility index (Phi) is 10.00. The third kappa shape index (κ3) is 5.33. The van der Waals surface area contributed by atoms with Crippen molar-refractivity contribution in [2.75, 3.05) is 0 Å². The summed E-state index contributed by atoms with van der Waals surface area (Å²) in [7, 11) is 0. The highest BCUT2D eigenvalue weighted by molar-refractivity contribution is 7.20. The highest BCUT2D eigenvalue weighted by atomic mass is 27.2. The Morgan fingerprint density at radius 1 is 0.468 bits per heavy atom. The summed E-state index contributed by atoms with van der Waals surface area (Å²) >= 11 is -2.07. The zero-order chi connectivity index (χ0) is 35.4. The standard InChI is InChI=1S/C25H7BF15O.2C2H5.Al/c1-5-4-6(2-3-7(5)42)26(8-11(27)17(33)23(39)18(34)12(8)28,9-13(29)19(35)24(40)20(36)14(9)30)10-15(31)21(37)25(41)22(38)16(10)32;2*1-2;/h2-4,42H,1H3;2*1H2,2H3;/q-1;;;+1/p-1. The van der Waals surface area contributed by atoms with Crippen molar-refractivity contribution in [3.05, 3.63) is 111 Å². The van der Waals surface area contributed by atoms with Crippen molar-refractivity contribution in [1.29, 1.82) is 0 Å². The fourth-order valence-electron chi connectivity index (χ4n) is 5.65. The summed E-state index contributed by atoms with van der Waals surface area (Å²) in [5, 5.41) is 0.983. The minimum absolute atomic E-state index is 0.119. The van der Waals surface area contributed by atoms with E-state index in [1.807, 2.05) is 0 Å². The molecule has 0 radical (unpaired) electrons. The molecule has 0 aliphatic carbocycles. The van der Waals surface area contributed by atoms with E-state index in [4.69, 9.17) is 3.79 Å². The molecule has 0 amide bonds. The van der Waals surface area contributed by atoms with Gasteiger partial charge in [0, 0.05) is 0 Å². The van der Waals surface area contributed by atoms with Gasteiger partial charge in [0.1, 0.15) is 41.0 Å². The van der Waals surface area contributed by atoms with Crippen LogP contribution < -0.4 is 25.6 Å². The molecule has 47 heavy (non-hydrogen) atoms. The molecule has 0 fully saturated rings. The molecule has 0 unspecified atom stereocenters. The number of hydrogen-bond donors (Lipinski definition) is 0. The first-order valence-corrected chi connectivity index (χ1v) is 15.5. The number of aryl methyl sites for hydroxylation is 1. The van der Waals surface area contributed by atoms with Crippen molar-refractivity contribution in [3.63, 3.8) is 0 Å². The summed E-state index contributed by atoms with van der Waals surface area (Å²) in [5.41, 5.74) is -9.73. The summed E-state index contributed by atoms with van der Waals surface area (Å²) in [5.74, 6) is -45.7. The maximum absolute atomic E-state index is 15.7. The molecule has 0 aliphatic heterocycles.